The molecule has 0 aromatic carbocycles. The van der Waals surface area contributed by atoms with Crippen LogP contribution in [0.3, 0.4) is 0 Å². The monoisotopic (exact) mass is 358 g/mol. The Morgan fingerprint density at radius 1 is 1.47 bits per heavy atom. The van der Waals surface area contributed by atoms with Gasteiger partial charge in [-0.15, -0.1) is 11.3 Å². The highest BCUT2D eigenvalue weighted by Gasteiger charge is 2.14. The molecule has 0 spiro atoms. The van der Waals surface area contributed by atoms with Crippen LogP contribution >= 0.6 is 27.3 Å². The van der Waals surface area contributed by atoms with Crippen molar-refractivity contribution in [3.63, 3.8) is 0 Å². The number of halogens is 1. The molecule has 0 radical (unpaired) electrons. The summed E-state index contributed by atoms with van der Waals surface area (Å²) in [6.07, 6.45) is 1.09. The molecule has 8 heteroatoms. The lowest BCUT2D eigenvalue weighted by Gasteiger charge is -1.99. The van der Waals surface area contributed by atoms with Gasteiger partial charge in [-0.25, -0.2) is 8.42 Å². The van der Waals surface area contributed by atoms with E-state index in [9.17, 15) is 17.4 Å². The molecule has 17 heavy (non-hydrogen) atoms. The maximum absolute atomic E-state index is 11.6. The normalized spacial score (nSPS) is 13.5. The fraction of sp³-hybridized carbons (Fsp3) is 0.444. The number of rotatable bonds is 6. The lowest BCUT2D eigenvalue weighted by Crippen LogP contribution is -2.17. The minimum absolute atomic E-state index is 0.0110. The van der Waals surface area contributed by atoms with Crippen LogP contribution in [0, 0.1) is 0 Å². The van der Waals surface area contributed by atoms with E-state index in [2.05, 4.69) is 15.9 Å². The van der Waals surface area contributed by atoms with E-state index >= 15 is 0 Å². The molecule has 1 aromatic heterocycles. The molecule has 4 nitrogen and oxygen atoms in total. The smallest absolute Gasteiger partial charge is 0.185 e. The molecule has 0 aliphatic rings. The number of sulfone groups is 1. The zero-order valence-electron chi connectivity index (χ0n) is 9.01. The fourth-order valence-electron chi connectivity index (χ4n) is 0.998. The number of carbonyl (C=O) groups is 1. The number of hydrogen-bond donors (Lipinski definition) is 0. The van der Waals surface area contributed by atoms with E-state index in [1.165, 1.54) is 11.3 Å². The minimum atomic E-state index is -3.12. The predicted octanol–water partition coefficient (Wildman–Crippen LogP) is 1.49. The van der Waals surface area contributed by atoms with Crippen molar-refractivity contribution in [2.45, 2.75) is 0 Å². The average molecular weight is 359 g/mol. The van der Waals surface area contributed by atoms with Crippen LogP contribution in [0.2, 0.25) is 0 Å². The molecule has 96 valence electrons. The Bertz CT molecular complexity index is 532. The summed E-state index contributed by atoms with van der Waals surface area (Å²) in [5.41, 5.74) is 0. The highest BCUT2D eigenvalue weighted by molar-refractivity contribution is 9.11. The molecule has 0 saturated heterocycles. The van der Waals surface area contributed by atoms with Crippen molar-refractivity contribution in [3.05, 3.63) is 20.8 Å². The first kappa shape index (κ1) is 15.0. The Morgan fingerprint density at radius 2 is 2.12 bits per heavy atom. The van der Waals surface area contributed by atoms with E-state index in [0.717, 1.165) is 10.0 Å². The predicted molar refractivity (Wildman–Crippen MR) is 73.9 cm³/mol. The van der Waals surface area contributed by atoms with E-state index in [1.54, 1.807) is 12.1 Å². The number of carbonyl (C=O) groups excluding carboxylic acids is 1. The zero-order valence-corrected chi connectivity index (χ0v) is 13.0. The van der Waals surface area contributed by atoms with Gasteiger partial charge in [0.2, 0.25) is 0 Å². The van der Waals surface area contributed by atoms with Gasteiger partial charge in [0.05, 0.1) is 20.2 Å². The fourth-order valence-corrected chi connectivity index (χ4v) is 4.96. The van der Waals surface area contributed by atoms with Crippen LogP contribution in [-0.4, -0.2) is 41.9 Å². The summed E-state index contributed by atoms with van der Waals surface area (Å²) in [6.45, 7) is 0. The molecule has 1 unspecified atom stereocenters. The largest absolute Gasteiger partial charge is 0.292 e. The van der Waals surface area contributed by atoms with Gasteiger partial charge >= 0.3 is 0 Å². The van der Waals surface area contributed by atoms with Crippen LogP contribution in [-0.2, 0) is 20.6 Å². The molecule has 0 aliphatic carbocycles. The Hall–Kier alpha value is -0.0500. The molecule has 0 bridgehead atoms. The van der Waals surface area contributed by atoms with Gasteiger partial charge in [-0.3, -0.25) is 9.00 Å². The molecule has 0 aliphatic heterocycles. The molecule has 1 aromatic rings. The average Bonchev–Trinajstić information content (AvgIpc) is 2.61. The van der Waals surface area contributed by atoms with Crippen molar-refractivity contribution in [1.82, 2.24) is 0 Å². The second-order valence-electron chi connectivity index (χ2n) is 3.45. The van der Waals surface area contributed by atoms with Crippen molar-refractivity contribution in [2.75, 3.05) is 23.5 Å². The van der Waals surface area contributed by atoms with E-state index in [1.807, 2.05) is 0 Å². The van der Waals surface area contributed by atoms with Gasteiger partial charge in [0.1, 0.15) is 9.84 Å². The lowest BCUT2D eigenvalue weighted by atomic mass is 10.4. The van der Waals surface area contributed by atoms with E-state index in [-0.39, 0.29) is 23.0 Å². The summed E-state index contributed by atoms with van der Waals surface area (Å²) in [4.78, 5) is 12.2. The Labute approximate surface area is 115 Å². The van der Waals surface area contributed by atoms with Crippen LogP contribution in [0.1, 0.15) is 9.67 Å². The summed E-state index contributed by atoms with van der Waals surface area (Å²) < 4.78 is 34.1. The highest BCUT2D eigenvalue weighted by Crippen LogP contribution is 2.22. The molecular weight excluding hydrogens is 348 g/mol. The maximum Gasteiger partial charge on any atom is 0.185 e. The third-order valence-corrected chi connectivity index (χ3v) is 5.93. The van der Waals surface area contributed by atoms with Crippen LogP contribution in [0.5, 0.6) is 0 Å². The van der Waals surface area contributed by atoms with Crippen molar-refractivity contribution >= 4 is 53.7 Å². The van der Waals surface area contributed by atoms with Crippen LogP contribution in [0.15, 0.2) is 15.9 Å². The number of ketones is 1. The molecular formula is C9H11BrO4S3. The second kappa shape index (κ2) is 6.21. The zero-order chi connectivity index (χ0) is 13.1. The summed E-state index contributed by atoms with van der Waals surface area (Å²) in [5.74, 6) is -0.479. The van der Waals surface area contributed by atoms with Crippen LogP contribution in [0.25, 0.3) is 0 Å². The molecule has 1 heterocycles. The molecule has 1 atom stereocenters. The van der Waals surface area contributed by atoms with Gasteiger partial charge in [0, 0.05) is 22.8 Å². The minimum Gasteiger partial charge on any atom is -0.292 e. The summed E-state index contributed by atoms with van der Waals surface area (Å²) in [7, 11) is -4.55. The molecule has 0 amide bonds. The SMILES string of the molecule is CS(=O)(=O)CCS(=O)CC(=O)c1ccc(Br)s1. The third kappa shape index (κ3) is 5.89. The van der Waals surface area contributed by atoms with Gasteiger partial charge in [-0.05, 0) is 28.1 Å². The van der Waals surface area contributed by atoms with E-state index in [0.29, 0.717) is 4.88 Å². The van der Waals surface area contributed by atoms with Crippen molar-refractivity contribution in [2.24, 2.45) is 0 Å². The standard InChI is InChI=1S/C9H11BrO4S3/c1-17(13,14)5-4-16(12)6-7(11)8-2-3-9(10)15-8/h2-3H,4-6H2,1H3. The van der Waals surface area contributed by atoms with Crippen molar-refractivity contribution < 1.29 is 17.4 Å². The van der Waals surface area contributed by atoms with E-state index < -0.39 is 20.6 Å². The van der Waals surface area contributed by atoms with Gasteiger partial charge in [-0.2, -0.15) is 0 Å². The van der Waals surface area contributed by atoms with Crippen LogP contribution in [0.4, 0.5) is 0 Å². The Morgan fingerprint density at radius 3 is 2.59 bits per heavy atom. The van der Waals surface area contributed by atoms with Gasteiger partial charge < -0.3 is 0 Å². The van der Waals surface area contributed by atoms with Crippen molar-refractivity contribution in [1.29, 1.82) is 0 Å². The van der Waals surface area contributed by atoms with Gasteiger partial charge in [0.25, 0.3) is 0 Å². The highest BCUT2D eigenvalue weighted by atomic mass is 79.9. The Kier molecular flexibility index (Phi) is 5.49. The molecule has 0 N–H and O–H groups in total. The van der Waals surface area contributed by atoms with Gasteiger partial charge in [0.15, 0.2) is 5.78 Å². The molecule has 0 saturated carbocycles. The first-order valence-electron chi connectivity index (χ1n) is 4.59. The first-order valence-corrected chi connectivity index (χ1v) is 9.75. The molecule has 1 rings (SSSR count). The van der Waals surface area contributed by atoms with Crippen molar-refractivity contribution in [3.8, 4) is 0 Å². The topological polar surface area (TPSA) is 68.3 Å². The van der Waals surface area contributed by atoms with E-state index in [4.69, 9.17) is 0 Å². The van der Waals surface area contributed by atoms with Gasteiger partial charge in [-0.1, -0.05) is 0 Å². The quantitative estimate of drug-likeness (QED) is 0.722. The summed E-state index contributed by atoms with van der Waals surface area (Å²) >= 11 is 4.51. The number of hydrogen-bond acceptors (Lipinski definition) is 5. The maximum atomic E-state index is 11.6. The summed E-state index contributed by atoms with van der Waals surface area (Å²) in [5, 5.41) is 0. The lowest BCUT2D eigenvalue weighted by molar-refractivity contribution is 0.102. The first-order chi connectivity index (χ1) is 7.78. The third-order valence-electron chi connectivity index (χ3n) is 1.82. The summed E-state index contributed by atoms with van der Waals surface area (Å²) in [6, 6.07) is 3.40. The number of thiophene rings is 1. The Balaban J connectivity index is 2.50. The second-order valence-corrected chi connectivity index (χ2v) is 9.74. The number of Topliss-reactive ketones (excluding diaryl/α,β-unsaturated/α-hetero) is 1. The van der Waals surface area contributed by atoms with Crippen LogP contribution < -0.4 is 0 Å². The molecule has 0 fully saturated rings.